The van der Waals surface area contributed by atoms with Crippen LogP contribution in [0.1, 0.15) is 24.5 Å². The molecule has 2 unspecified atom stereocenters. The fourth-order valence-corrected chi connectivity index (χ4v) is 3.29. The summed E-state index contributed by atoms with van der Waals surface area (Å²) in [6.07, 6.45) is -3.69. The van der Waals surface area contributed by atoms with Crippen molar-refractivity contribution in [2.45, 2.75) is 42.4 Å². The van der Waals surface area contributed by atoms with Crippen LogP contribution in [0.2, 0.25) is 0 Å². The van der Waals surface area contributed by atoms with Crippen LogP contribution in [0.25, 0.3) is 0 Å². The molecule has 1 aromatic rings. The standard InChI is InChI=1S/C13H15F3O2S/c1-8-11(4-5-18-8)19-12-3-2-9(7-17)6-10(12)13(14,15)16/h2-3,6,8,11,17H,4-5,7H2,1H3. The van der Waals surface area contributed by atoms with Gasteiger partial charge in [0, 0.05) is 16.8 Å². The smallest absolute Gasteiger partial charge is 0.392 e. The van der Waals surface area contributed by atoms with Crippen LogP contribution in [0.3, 0.4) is 0 Å². The van der Waals surface area contributed by atoms with Gasteiger partial charge in [0.25, 0.3) is 0 Å². The van der Waals surface area contributed by atoms with Gasteiger partial charge in [0.2, 0.25) is 0 Å². The lowest BCUT2D eigenvalue weighted by molar-refractivity contribution is -0.139. The minimum Gasteiger partial charge on any atom is -0.392 e. The van der Waals surface area contributed by atoms with E-state index in [1.165, 1.54) is 23.9 Å². The maximum atomic E-state index is 13.0. The van der Waals surface area contributed by atoms with E-state index in [1.807, 2.05) is 6.92 Å². The Bertz CT molecular complexity index is 448. The minimum atomic E-state index is -4.41. The number of alkyl halides is 3. The maximum absolute atomic E-state index is 13.0. The highest BCUT2D eigenvalue weighted by atomic mass is 32.2. The van der Waals surface area contributed by atoms with Gasteiger partial charge >= 0.3 is 6.18 Å². The molecule has 1 aliphatic heterocycles. The summed E-state index contributed by atoms with van der Waals surface area (Å²) < 4.78 is 44.4. The molecule has 0 aromatic heterocycles. The Hall–Kier alpha value is -0.720. The third-order valence-corrected chi connectivity index (χ3v) is 4.65. The summed E-state index contributed by atoms with van der Waals surface area (Å²) in [6, 6.07) is 3.98. The predicted molar refractivity (Wildman–Crippen MR) is 67.0 cm³/mol. The van der Waals surface area contributed by atoms with Crippen molar-refractivity contribution in [2.75, 3.05) is 6.61 Å². The SMILES string of the molecule is CC1OCCC1Sc1ccc(CO)cc1C(F)(F)F. The Labute approximate surface area is 114 Å². The van der Waals surface area contributed by atoms with Crippen molar-refractivity contribution in [3.8, 4) is 0 Å². The molecular weight excluding hydrogens is 277 g/mol. The third kappa shape index (κ3) is 3.43. The minimum absolute atomic E-state index is 0.0383. The first-order chi connectivity index (χ1) is 8.91. The molecule has 0 saturated carbocycles. The summed E-state index contributed by atoms with van der Waals surface area (Å²) in [4.78, 5) is 0.201. The van der Waals surface area contributed by atoms with Gasteiger partial charge in [-0.1, -0.05) is 6.07 Å². The molecule has 1 saturated heterocycles. The van der Waals surface area contributed by atoms with Gasteiger partial charge in [0.15, 0.2) is 0 Å². The molecule has 2 rings (SSSR count). The fourth-order valence-electron chi connectivity index (χ4n) is 2.03. The zero-order valence-corrected chi connectivity index (χ0v) is 11.2. The first-order valence-corrected chi connectivity index (χ1v) is 6.89. The molecule has 2 atom stereocenters. The van der Waals surface area contributed by atoms with Gasteiger partial charge in [-0.25, -0.2) is 0 Å². The van der Waals surface area contributed by atoms with E-state index < -0.39 is 18.3 Å². The number of ether oxygens (including phenoxy) is 1. The van der Waals surface area contributed by atoms with E-state index >= 15 is 0 Å². The molecule has 1 aliphatic rings. The van der Waals surface area contributed by atoms with E-state index in [0.717, 1.165) is 12.5 Å². The molecule has 2 nitrogen and oxygen atoms in total. The van der Waals surface area contributed by atoms with Crippen molar-refractivity contribution in [1.29, 1.82) is 0 Å². The maximum Gasteiger partial charge on any atom is 0.417 e. The number of aliphatic hydroxyl groups excluding tert-OH is 1. The van der Waals surface area contributed by atoms with Gasteiger partial charge < -0.3 is 9.84 Å². The quantitative estimate of drug-likeness (QED) is 0.925. The van der Waals surface area contributed by atoms with Crippen LogP contribution in [-0.4, -0.2) is 23.1 Å². The third-order valence-electron chi connectivity index (χ3n) is 3.12. The average molecular weight is 292 g/mol. The number of aliphatic hydroxyl groups is 1. The first kappa shape index (κ1) is 14.7. The first-order valence-electron chi connectivity index (χ1n) is 6.01. The lowest BCUT2D eigenvalue weighted by Gasteiger charge is -2.18. The monoisotopic (exact) mass is 292 g/mol. The summed E-state index contributed by atoms with van der Waals surface area (Å²) in [7, 11) is 0. The Balaban J connectivity index is 2.28. The molecule has 0 aliphatic carbocycles. The summed E-state index contributed by atoms with van der Waals surface area (Å²) in [5, 5.41) is 8.99. The van der Waals surface area contributed by atoms with Gasteiger partial charge in [-0.3, -0.25) is 0 Å². The van der Waals surface area contributed by atoms with E-state index in [1.54, 1.807) is 0 Å². The second-order valence-corrected chi connectivity index (χ2v) is 5.79. The van der Waals surface area contributed by atoms with E-state index in [2.05, 4.69) is 0 Å². The number of thioether (sulfide) groups is 1. The zero-order valence-electron chi connectivity index (χ0n) is 10.4. The second-order valence-electron chi connectivity index (χ2n) is 4.51. The van der Waals surface area contributed by atoms with Crippen molar-refractivity contribution in [1.82, 2.24) is 0 Å². The lowest BCUT2D eigenvalue weighted by atomic mass is 10.1. The molecule has 0 bridgehead atoms. The van der Waals surface area contributed by atoms with Crippen molar-refractivity contribution in [2.24, 2.45) is 0 Å². The van der Waals surface area contributed by atoms with Gasteiger partial charge in [0.1, 0.15) is 0 Å². The highest BCUT2D eigenvalue weighted by Gasteiger charge is 2.35. The number of halogens is 3. The summed E-state index contributed by atoms with van der Waals surface area (Å²) in [6.45, 7) is 2.08. The highest BCUT2D eigenvalue weighted by Crippen LogP contribution is 2.41. The Morgan fingerprint density at radius 2 is 2.16 bits per heavy atom. The van der Waals surface area contributed by atoms with Gasteiger partial charge in [-0.15, -0.1) is 11.8 Å². The number of hydrogen-bond acceptors (Lipinski definition) is 3. The van der Waals surface area contributed by atoms with Crippen LogP contribution >= 0.6 is 11.8 Å². The number of hydrogen-bond donors (Lipinski definition) is 1. The molecule has 1 aromatic carbocycles. The van der Waals surface area contributed by atoms with Crippen molar-refractivity contribution in [3.05, 3.63) is 29.3 Å². The summed E-state index contributed by atoms with van der Waals surface area (Å²) in [5.41, 5.74) is -0.407. The molecule has 6 heteroatoms. The number of rotatable bonds is 3. The molecule has 1 N–H and O–H groups in total. The Kier molecular flexibility index (Phi) is 4.43. The molecular formula is C13H15F3O2S. The second kappa shape index (κ2) is 5.73. The van der Waals surface area contributed by atoms with Crippen LogP contribution in [-0.2, 0) is 17.5 Å². The Morgan fingerprint density at radius 3 is 2.68 bits per heavy atom. The van der Waals surface area contributed by atoms with Crippen LogP contribution in [0.5, 0.6) is 0 Å². The molecule has 1 heterocycles. The largest absolute Gasteiger partial charge is 0.417 e. The lowest BCUT2D eigenvalue weighted by Crippen LogP contribution is -2.15. The summed E-state index contributed by atoms with van der Waals surface area (Å²) >= 11 is 1.21. The molecule has 0 radical (unpaired) electrons. The molecule has 1 fully saturated rings. The van der Waals surface area contributed by atoms with E-state index in [-0.39, 0.29) is 21.8 Å². The van der Waals surface area contributed by atoms with Crippen molar-refractivity contribution < 1.29 is 23.0 Å². The predicted octanol–water partition coefficient (Wildman–Crippen LogP) is 3.47. The summed E-state index contributed by atoms with van der Waals surface area (Å²) in [5.74, 6) is 0. The topological polar surface area (TPSA) is 29.5 Å². The number of benzene rings is 1. The van der Waals surface area contributed by atoms with Crippen LogP contribution in [0.4, 0.5) is 13.2 Å². The van der Waals surface area contributed by atoms with Crippen LogP contribution < -0.4 is 0 Å². The van der Waals surface area contributed by atoms with Gasteiger partial charge in [-0.2, -0.15) is 13.2 Å². The van der Waals surface area contributed by atoms with Crippen LogP contribution in [0, 0.1) is 0 Å². The van der Waals surface area contributed by atoms with Crippen molar-refractivity contribution >= 4 is 11.8 Å². The molecule has 19 heavy (non-hydrogen) atoms. The molecule has 106 valence electrons. The van der Waals surface area contributed by atoms with E-state index in [9.17, 15) is 13.2 Å². The van der Waals surface area contributed by atoms with Crippen molar-refractivity contribution in [3.63, 3.8) is 0 Å². The highest BCUT2D eigenvalue weighted by molar-refractivity contribution is 8.00. The molecule has 0 amide bonds. The fraction of sp³-hybridized carbons (Fsp3) is 0.538. The Morgan fingerprint density at radius 1 is 1.42 bits per heavy atom. The average Bonchev–Trinajstić information content (AvgIpc) is 2.74. The molecule has 0 spiro atoms. The van der Waals surface area contributed by atoms with E-state index in [4.69, 9.17) is 9.84 Å². The van der Waals surface area contributed by atoms with E-state index in [0.29, 0.717) is 6.61 Å². The normalized spacial score (nSPS) is 23.8. The van der Waals surface area contributed by atoms with Gasteiger partial charge in [0.05, 0.1) is 18.3 Å². The van der Waals surface area contributed by atoms with Gasteiger partial charge in [-0.05, 0) is 31.0 Å². The van der Waals surface area contributed by atoms with Crippen LogP contribution in [0.15, 0.2) is 23.1 Å². The zero-order chi connectivity index (χ0) is 14.0.